The second-order valence-electron chi connectivity index (χ2n) is 14.3. The lowest BCUT2D eigenvalue weighted by atomic mass is 9.75. The van der Waals surface area contributed by atoms with E-state index in [1.165, 1.54) is 12.4 Å². The van der Waals surface area contributed by atoms with E-state index in [2.05, 4.69) is 25.1 Å². The third-order valence-corrected chi connectivity index (χ3v) is 11.0. The molecule has 3 aromatic heterocycles. The van der Waals surface area contributed by atoms with Gasteiger partial charge in [0.15, 0.2) is 5.82 Å². The Morgan fingerprint density at radius 1 is 1.11 bits per heavy atom. The monoisotopic (exact) mass is 653 g/mol. The molecule has 0 unspecified atom stereocenters. The number of benzene rings is 1. The van der Waals surface area contributed by atoms with Gasteiger partial charge in [-0.05, 0) is 69.2 Å². The van der Waals surface area contributed by atoms with Gasteiger partial charge >= 0.3 is 6.01 Å². The second-order valence-corrected chi connectivity index (χ2v) is 14.3. The van der Waals surface area contributed by atoms with Gasteiger partial charge in [-0.3, -0.25) is 15.0 Å². The molecular weight excluding hydrogens is 614 g/mol. The van der Waals surface area contributed by atoms with Crippen LogP contribution in [0.4, 0.5) is 23.4 Å². The largest absolute Gasteiger partial charge is 0.461 e. The van der Waals surface area contributed by atoms with Crippen molar-refractivity contribution in [3.63, 3.8) is 0 Å². The van der Waals surface area contributed by atoms with Crippen LogP contribution in [0.15, 0.2) is 18.5 Å². The van der Waals surface area contributed by atoms with E-state index in [0.717, 1.165) is 24.9 Å². The number of pyridine rings is 1. The topological polar surface area (TPSA) is 103 Å². The maximum Gasteiger partial charge on any atom is 0.319 e. The third-order valence-electron chi connectivity index (χ3n) is 11.0. The molecule has 3 saturated heterocycles. The number of aromatic amines is 1. The van der Waals surface area contributed by atoms with E-state index in [-0.39, 0.29) is 49.6 Å². The number of aromatic nitrogens is 5. The van der Waals surface area contributed by atoms with Crippen molar-refractivity contribution in [2.24, 2.45) is 0 Å². The number of alkyl halides is 3. The van der Waals surface area contributed by atoms with Crippen LogP contribution >= 0.6 is 0 Å². The highest BCUT2D eigenvalue weighted by Crippen LogP contribution is 2.51. The Bertz CT molecular complexity index is 1870. The summed E-state index contributed by atoms with van der Waals surface area (Å²) in [5.74, 6) is -4.48. The highest BCUT2D eigenvalue weighted by Gasteiger charge is 2.50. The molecule has 0 saturated carbocycles. The number of aliphatic hydroxyl groups is 1. The van der Waals surface area contributed by atoms with Crippen LogP contribution in [0.3, 0.4) is 0 Å². The zero-order chi connectivity index (χ0) is 32.7. The van der Waals surface area contributed by atoms with Gasteiger partial charge in [0.2, 0.25) is 0 Å². The van der Waals surface area contributed by atoms with E-state index in [0.29, 0.717) is 65.6 Å². The molecule has 2 N–H and O–H groups in total. The number of anilines is 1. The van der Waals surface area contributed by atoms with Crippen LogP contribution in [0.25, 0.3) is 33.1 Å². The van der Waals surface area contributed by atoms with E-state index in [9.17, 15) is 9.50 Å². The first-order valence-corrected chi connectivity index (χ1v) is 16.7. The fourth-order valence-corrected chi connectivity index (χ4v) is 8.76. The minimum atomic E-state index is -2.96. The van der Waals surface area contributed by atoms with Crippen LogP contribution in [0.2, 0.25) is 0 Å². The number of nitrogens with zero attached hydrogens (tertiary/aromatic N) is 6. The first-order chi connectivity index (χ1) is 22.5. The summed E-state index contributed by atoms with van der Waals surface area (Å²) in [6.45, 7) is 5.62. The number of nitrogens with one attached hydrogen (secondary N) is 1. The van der Waals surface area contributed by atoms with Gasteiger partial charge in [0.25, 0.3) is 5.92 Å². The quantitative estimate of drug-likeness (QED) is 0.241. The number of β-amino-alcohol motifs (C(OH)–C–C–N with tert-alkyl or cyclic N) is 1. The molecule has 1 aliphatic carbocycles. The minimum absolute atomic E-state index is 0.0550. The van der Waals surface area contributed by atoms with Crippen LogP contribution in [-0.2, 0) is 6.42 Å². The lowest BCUT2D eigenvalue weighted by molar-refractivity contribution is -0.0423. The standard InChI is InChI=1S/C34H39F4N7O2/c1-3-23-25-19(6-9-34(23,37)38)12-24-21(15-40-43-24)26(25)29-27(36)28-22(14-39-29)30(44-10-4-7-32(2,46)17-44)42-31(41-28)47-18-33-8-5-11-45(33)16-20(35)13-33/h12,14-15,20,23,46H,3-11,13,16-18H2,1-2H3,(H,40,43)/t20-,23-,32-,33+/m1/s1. The molecule has 9 nitrogen and oxygen atoms in total. The second kappa shape index (κ2) is 11.0. The summed E-state index contributed by atoms with van der Waals surface area (Å²) >= 11 is 0. The molecule has 1 aromatic carbocycles. The Hall–Kier alpha value is -3.58. The van der Waals surface area contributed by atoms with Crippen molar-refractivity contribution < 1.29 is 27.4 Å². The summed E-state index contributed by atoms with van der Waals surface area (Å²) in [6, 6.07) is 1.78. The number of ether oxygens (including phenoxy) is 1. The van der Waals surface area contributed by atoms with Crippen molar-refractivity contribution >= 4 is 27.6 Å². The summed E-state index contributed by atoms with van der Waals surface area (Å²) < 4.78 is 68.6. The molecule has 8 rings (SSSR count). The van der Waals surface area contributed by atoms with Crippen molar-refractivity contribution in [1.29, 1.82) is 0 Å². The van der Waals surface area contributed by atoms with Gasteiger partial charge in [-0.1, -0.05) is 6.92 Å². The van der Waals surface area contributed by atoms with Crippen LogP contribution < -0.4 is 9.64 Å². The Morgan fingerprint density at radius 3 is 2.74 bits per heavy atom. The summed E-state index contributed by atoms with van der Waals surface area (Å²) in [7, 11) is 0. The van der Waals surface area contributed by atoms with Crippen LogP contribution in [-0.4, -0.2) is 91.2 Å². The predicted octanol–water partition coefficient (Wildman–Crippen LogP) is 6.09. The number of aryl methyl sites for hydroxylation is 1. The summed E-state index contributed by atoms with van der Waals surface area (Å²) in [5, 5.41) is 18.9. The van der Waals surface area contributed by atoms with Gasteiger partial charge in [0.1, 0.15) is 29.8 Å². The average Bonchev–Trinajstić information content (AvgIpc) is 3.73. The Kier molecular flexibility index (Phi) is 7.18. The number of piperidine rings is 1. The zero-order valence-electron chi connectivity index (χ0n) is 26.6. The molecule has 4 aromatic rings. The lowest BCUT2D eigenvalue weighted by Gasteiger charge is -2.38. The Balaban J connectivity index is 1.30. The molecule has 0 amide bonds. The first-order valence-electron chi connectivity index (χ1n) is 16.7. The summed E-state index contributed by atoms with van der Waals surface area (Å²) in [5.41, 5.74) is 0.431. The maximum atomic E-state index is 17.1. The molecule has 47 heavy (non-hydrogen) atoms. The highest BCUT2D eigenvalue weighted by molar-refractivity contribution is 6.00. The van der Waals surface area contributed by atoms with Gasteiger partial charge in [0, 0.05) is 55.5 Å². The fourth-order valence-electron chi connectivity index (χ4n) is 8.76. The third kappa shape index (κ3) is 5.03. The number of H-pyrrole nitrogens is 1. The molecule has 0 bridgehead atoms. The lowest BCUT2D eigenvalue weighted by Crippen LogP contribution is -2.46. The SMILES string of the molecule is CC[C@@H]1c2c(cc3[nH]ncc3c2-c2ncc3c(N4CCC[C@@](C)(O)C4)nc(OC[C@@]45CCCN4C[C@H](F)C5)nc3c2F)CCC1(F)F. The molecule has 4 aliphatic rings. The molecule has 3 aliphatic heterocycles. The van der Waals surface area contributed by atoms with Crippen molar-refractivity contribution in [2.75, 3.05) is 37.7 Å². The van der Waals surface area contributed by atoms with Crippen molar-refractivity contribution in [1.82, 2.24) is 30.0 Å². The van der Waals surface area contributed by atoms with Crippen LogP contribution in [0.5, 0.6) is 6.01 Å². The van der Waals surface area contributed by atoms with E-state index in [1.54, 1.807) is 13.8 Å². The van der Waals surface area contributed by atoms with E-state index < -0.39 is 35.0 Å². The Labute approximate surface area is 269 Å². The van der Waals surface area contributed by atoms with Gasteiger partial charge in [-0.25, -0.2) is 17.6 Å². The summed E-state index contributed by atoms with van der Waals surface area (Å²) in [6.07, 6.45) is 5.49. The normalized spacial score (nSPS) is 29.0. The average molecular weight is 654 g/mol. The van der Waals surface area contributed by atoms with E-state index in [4.69, 9.17) is 9.72 Å². The van der Waals surface area contributed by atoms with Gasteiger partial charge in [-0.15, -0.1) is 0 Å². The smallest absolute Gasteiger partial charge is 0.319 e. The summed E-state index contributed by atoms with van der Waals surface area (Å²) in [4.78, 5) is 17.9. The van der Waals surface area contributed by atoms with Crippen molar-refractivity contribution in [3.8, 4) is 17.3 Å². The van der Waals surface area contributed by atoms with E-state index >= 15 is 13.2 Å². The molecule has 250 valence electrons. The molecule has 0 spiro atoms. The first kappa shape index (κ1) is 30.7. The van der Waals surface area contributed by atoms with Crippen LogP contribution in [0.1, 0.15) is 75.8 Å². The minimum Gasteiger partial charge on any atom is -0.461 e. The molecular formula is C34H39F4N7O2. The number of fused-ring (bicyclic) bond motifs is 4. The van der Waals surface area contributed by atoms with Crippen LogP contribution in [0, 0.1) is 5.82 Å². The number of hydrogen-bond acceptors (Lipinski definition) is 8. The van der Waals surface area contributed by atoms with Crippen molar-refractivity contribution in [2.45, 2.75) is 94.4 Å². The molecule has 3 fully saturated rings. The van der Waals surface area contributed by atoms with E-state index in [1.807, 2.05) is 11.0 Å². The maximum absolute atomic E-state index is 17.1. The fraction of sp³-hybridized carbons (Fsp3) is 0.588. The molecule has 4 atom stereocenters. The predicted molar refractivity (Wildman–Crippen MR) is 169 cm³/mol. The molecule has 6 heterocycles. The number of rotatable bonds is 6. The number of hydrogen-bond donors (Lipinski definition) is 2. The molecule has 13 heteroatoms. The van der Waals surface area contributed by atoms with Gasteiger partial charge in [0.05, 0.1) is 28.2 Å². The zero-order valence-corrected chi connectivity index (χ0v) is 26.6. The van der Waals surface area contributed by atoms with Crippen molar-refractivity contribution in [3.05, 3.63) is 35.4 Å². The Morgan fingerprint density at radius 2 is 1.94 bits per heavy atom. The van der Waals surface area contributed by atoms with Gasteiger partial charge < -0.3 is 14.7 Å². The number of halogens is 4. The molecule has 0 radical (unpaired) electrons. The van der Waals surface area contributed by atoms with Gasteiger partial charge in [-0.2, -0.15) is 15.1 Å². The highest BCUT2D eigenvalue weighted by atomic mass is 19.3.